The van der Waals surface area contributed by atoms with E-state index in [1.54, 1.807) is 0 Å². The van der Waals surface area contributed by atoms with Crippen LogP contribution in [0.1, 0.15) is 26.7 Å². The molecular weight excluding hydrogens is 98.1 g/mol. The second kappa shape index (κ2) is 1.10. The van der Waals surface area contributed by atoms with Gasteiger partial charge >= 0.3 is 0 Å². The standard InChI is InChI=1S/C7H13N/c1-5-3-7(2)4-6(7)8-5/h5-6,8H,3-4H2,1-2H3/t5-,6+,7-/m1/s1. The first kappa shape index (κ1) is 4.80. The van der Waals surface area contributed by atoms with Crippen molar-refractivity contribution in [3.63, 3.8) is 0 Å². The van der Waals surface area contributed by atoms with Crippen molar-refractivity contribution in [2.45, 2.75) is 38.8 Å². The molecule has 1 aliphatic carbocycles. The highest BCUT2D eigenvalue weighted by atomic mass is 15.1. The van der Waals surface area contributed by atoms with Crippen molar-refractivity contribution in [1.82, 2.24) is 5.32 Å². The van der Waals surface area contributed by atoms with E-state index in [4.69, 9.17) is 0 Å². The Hall–Kier alpha value is -0.0400. The van der Waals surface area contributed by atoms with Crippen molar-refractivity contribution in [3.05, 3.63) is 0 Å². The number of fused-ring (bicyclic) bond motifs is 1. The second-order valence-electron chi connectivity index (χ2n) is 3.68. The molecule has 0 spiro atoms. The Labute approximate surface area is 50.5 Å². The normalized spacial score (nSPS) is 60.8. The van der Waals surface area contributed by atoms with Gasteiger partial charge in [-0.1, -0.05) is 6.92 Å². The fourth-order valence-electron chi connectivity index (χ4n) is 1.99. The summed E-state index contributed by atoms with van der Waals surface area (Å²) < 4.78 is 0. The Balaban J connectivity index is 2.10. The van der Waals surface area contributed by atoms with Gasteiger partial charge in [-0.2, -0.15) is 0 Å². The minimum absolute atomic E-state index is 0.722. The van der Waals surface area contributed by atoms with Crippen LogP contribution in [0.15, 0.2) is 0 Å². The van der Waals surface area contributed by atoms with E-state index < -0.39 is 0 Å². The van der Waals surface area contributed by atoms with E-state index >= 15 is 0 Å². The summed E-state index contributed by atoms with van der Waals surface area (Å²) in [6.07, 6.45) is 2.83. The molecular formula is C7H13N. The lowest BCUT2D eigenvalue weighted by atomic mass is 10.0. The van der Waals surface area contributed by atoms with Crippen molar-refractivity contribution < 1.29 is 0 Å². The van der Waals surface area contributed by atoms with Gasteiger partial charge in [0.1, 0.15) is 0 Å². The average molecular weight is 111 g/mol. The Kier molecular flexibility index (Phi) is 0.663. The van der Waals surface area contributed by atoms with Gasteiger partial charge in [-0.15, -0.1) is 0 Å². The van der Waals surface area contributed by atoms with Crippen molar-refractivity contribution in [2.24, 2.45) is 5.41 Å². The summed E-state index contributed by atoms with van der Waals surface area (Å²) >= 11 is 0. The van der Waals surface area contributed by atoms with Crippen LogP contribution in [0.4, 0.5) is 0 Å². The van der Waals surface area contributed by atoms with Crippen LogP contribution >= 0.6 is 0 Å². The lowest BCUT2D eigenvalue weighted by molar-refractivity contribution is 0.514. The van der Waals surface area contributed by atoms with Gasteiger partial charge in [0.25, 0.3) is 0 Å². The van der Waals surface area contributed by atoms with E-state index in [9.17, 15) is 0 Å². The molecule has 1 nitrogen and oxygen atoms in total. The summed E-state index contributed by atoms with van der Waals surface area (Å²) in [6, 6.07) is 1.68. The smallest absolute Gasteiger partial charge is 0.0130 e. The first-order valence-corrected chi connectivity index (χ1v) is 3.47. The zero-order chi connectivity index (χ0) is 5.78. The molecule has 0 aromatic heterocycles. The molecule has 0 radical (unpaired) electrons. The molecule has 3 atom stereocenters. The minimum Gasteiger partial charge on any atom is -0.311 e. The number of piperidine rings is 1. The molecule has 2 aliphatic rings. The summed E-state index contributed by atoms with van der Waals surface area (Å²) in [5, 5.41) is 3.53. The molecule has 0 bridgehead atoms. The van der Waals surface area contributed by atoms with Crippen molar-refractivity contribution in [3.8, 4) is 0 Å². The van der Waals surface area contributed by atoms with Crippen molar-refractivity contribution in [1.29, 1.82) is 0 Å². The largest absolute Gasteiger partial charge is 0.311 e. The third-order valence-corrected chi connectivity index (χ3v) is 2.61. The molecule has 0 aromatic rings. The predicted octanol–water partition coefficient (Wildman–Crippen LogP) is 1.15. The number of nitrogens with one attached hydrogen (secondary N) is 1. The lowest BCUT2D eigenvalue weighted by Crippen LogP contribution is -2.21. The zero-order valence-corrected chi connectivity index (χ0v) is 5.57. The molecule has 2 rings (SSSR count). The fraction of sp³-hybridized carbons (Fsp3) is 1.00. The zero-order valence-electron chi connectivity index (χ0n) is 5.57. The number of hydrogen-bond acceptors (Lipinski definition) is 1. The fourth-order valence-corrected chi connectivity index (χ4v) is 1.99. The van der Waals surface area contributed by atoms with Crippen LogP contribution in [0.3, 0.4) is 0 Å². The van der Waals surface area contributed by atoms with E-state index in [0.29, 0.717) is 0 Å². The van der Waals surface area contributed by atoms with E-state index in [1.807, 2.05) is 0 Å². The molecule has 0 amide bonds. The van der Waals surface area contributed by atoms with Crippen LogP contribution < -0.4 is 5.32 Å². The molecule has 1 saturated carbocycles. The molecule has 0 aromatic carbocycles. The molecule has 1 N–H and O–H groups in total. The third kappa shape index (κ3) is 0.455. The van der Waals surface area contributed by atoms with Crippen LogP contribution in [0, 0.1) is 5.41 Å². The van der Waals surface area contributed by atoms with Crippen LogP contribution in [-0.2, 0) is 0 Å². The van der Waals surface area contributed by atoms with Gasteiger partial charge < -0.3 is 5.32 Å². The Morgan fingerprint density at radius 1 is 1.50 bits per heavy atom. The minimum atomic E-state index is 0.722. The van der Waals surface area contributed by atoms with E-state index in [-0.39, 0.29) is 0 Å². The maximum Gasteiger partial charge on any atom is 0.0130 e. The maximum absolute atomic E-state index is 3.53. The highest BCUT2D eigenvalue weighted by Gasteiger charge is 2.55. The number of rotatable bonds is 0. The topological polar surface area (TPSA) is 12.0 Å². The SMILES string of the molecule is C[C@@H]1C[C@]2(C)C[C@@H]2N1. The lowest BCUT2D eigenvalue weighted by Gasteiger charge is -2.05. The molecule has 46 valence electrons. The summed E-state index contributed by atoms with van der Waals surface area (Å²) in [4.78, 5) is 0. The molecule has 1 heterocycles. The molecule has 2 fully saturated rings. The number of hydrogen-bond donors (Lipinski definition) is 1. The second-order valence-corrected chi connectivity index (χ2v) is 3.68. The summed E-state index contributed by atoms with van der Waals surface area (Å²) in [6.45, 7) is 4.66. The van der Waals surface area contributed by atoms with E-state index in [0.717, 1.165) is 17.5 Å². The van der Waals surface area contributed by atoms with Crippen LogP contribution in [0.25, 0.3) is 0 Å². The van der Waals surface area contributed by atoms with Gasteiger partial charge in [-0.3, -0.25) is 0 Å². The molecule has 1 aliphatic heterocycles. The van der Waals surface area contributed by atoms with Gasteiger partial charge in [0.05, 0.1) is 0 Å². The Morgan fingerprint density at radius 2 is 2.25 bits per heavy atom. The highest BCUT2D eigenvalue weighted by molar-refractivity contribution is 5.11. The van der Waals surface area contributed by atoms with Crippen LogP contribution in [-0.4, -0.2) is 12.1 Å². The molecule has 1 heteroatoms. The Morgan fingerprint density at radius 3 is 2.50 bits per heavy atom. The van der Waals surface area contributed by atoms with Crippen molar-refractivity contribution >= 4 is 0 Å². The third-order valence-electron chi connectivity index (χ3n) is 2.61. The van der Waals surface area contributed by atoms with E-state index in [1.165, 1.54) is 12.8 Å². The molecule has 8 heavy (non-hydrogen) atoms. The van der Waals surface area contributed by atoms with E-state index in [2.05, 4.69) is 19.2 Å². The first-order chi connectivity index (χ1) is 3.71. The van der Waals surface area contributed by atoms with Gasteiger partial charge in [0.15, 0.2) is 0 Å². The Bertz CT molecular complexity index is 122. The summed E-state index contributed by atoms with van der Waals surface area (Å²) in [5.41, 5.74) is 0.722. The highest BCUT2D eigenvalue weighted by Crippen LogP contribution is 2.53. The van der Waals surface area contributed by atoms with Crippen LogP contribution in [0.2, 0.25) is 0 Å². The van der Waals surface area contributed by atoms with Crippen molar-refractivity contribution in [2.75, 3.05) is 0 Å². The van der Waals surface area contributed by atoms with Gasteiger partial charge in [-0.25, -0.2) is 0 Å². The summed E-state index contributed by atoms with van der Waals surface area (Å²) in [5.74, 6) is 0. The van der Waals surface area contributed by atoms with Gasteiger partial charge in [0, 0.05) is 12.1 Å². The quantitative estimate of drug-likeness (QED) is 0.494. The van der Waals surface area contributed by atoms with Gasteiger partial charge in [0.2, 0.25) is 0 Å². The average Bonchev–Trinajstić information content (AvgIpc) is 2.07. The van der Waals surface area contributed by atoms with Gasteiger partial charge in [-0.05, 0) is 25.2 Å². The summed E-state index contributed by atoms with van der Waals surface area (Å²) in [7, 11) is 0. The molecule has 0 unspecified atom stereocenters. The molecule has 1 saturated heterocycles. The predicted molar refractivity (Wildman–Crippen MR) is 33.7 cm³/mol. The maximum atomic E-state index is 3.53. The monoisotopic (exact) mass is 111 g/mol. The van der Waals surface area contributed by atoms with Crippen LogP contribution in [0.5, 0.6) is 0 Å². The first-order valence-electron chi connectivity index (χ1n) is 3.47.